The molecule has 7 nitrogen and oxygen atoms in total. The Kier molecular flexibility index (Phi) is 3.79. The molecule has 18 heavy (non-hydrogen) atoms. The molecule has 1 saturated carbocycles. The number of nitrogens with two attached hydrogens (primary N) is 1. The van der Waals surface area contributed by atoms with Crippen LogP contribution in [-0.2, 0) is 14.8 Å². The molecule has 100 valence electrons. The van der Waals surface area contributed by atoms with E-state index >= 15 is 0 Å². The predicted octanol–water partition coefficient (Wildman–Crippen LogP) is -0.142. The molecule has 0 saturated heterocycles. The maximum atomic E-state index is 12.4. The number of methoxy groups -OCH3 is 1. The quantitative estimate of drug-likeness (QED) is 0.773. The van der Waals surface area contributed by atoms with Crippen molar-refractivity contribution in [1.82, 2.24) is 14.3 Å². The standard InChI is InChI=1S/C10H16N4O3S/c1-17-5-4-14(8-2-3-8)18(15,16)9-6-12-10(11)13-7-9/h6-8H,2-5H2,1H3,(H2,11,12,13). The lowest BCUT2D eigenvalue weighted by atomic mass is 10.6. The van der Waals surface area contributed by atoms with Crippen LogP contribution in [0, 0.1) is 0 Å². The van der Waals surface area contributed by atoms with Crippen LogP contribution in [0.5, 0.6) is 0 Å². The normalized spacial score (nSPS) is 16.1. The summed E-state index contributed by atoms with van der Waals surface area (Å²) in [5.41, 5.74) is 5.35. The summed E-state index contributed by atoms with van der Waals surface area (Å²) in [5, 5.41) is 0. The SMILES string of the molecule is COCCN(C1CC1)S(=O)(=O)c1cnc(N)nc1. The van der Waals surface area contributed by atoms with E-state index in [9.17, 15) is 8.42 Å². The van der Waals surface area contributed by atoms with Gasteiger partial charge >= 0.3 is 0 Å². The molecule has 1 aromatic heterocycles. The molecule has 1 fully saturated rings. The van der Waals surface area contributed by atoms with Crippen molar-refractivity contribution < 1.29 is 13.2 Å². The van der Waals surface area contributed by atoms with Gasteiger partial charge in [-0.3, -0.25) is 0 Å². The summed E-state index contributed by atoms with van der Waals surface area (Å²) < 4.78 is 31.2. The lowest BCUT2D eigenvalue weighted by molar-refractivity contribution is 0.177. The van der Waals surface area contributed by atoms with Crippen LogP contribution in [0.25, 0.3) is 0 Å². The molecule has 0 radical (unpaired) electrons. The first-order valence-corrected chi connectivity index (χ1v) is 7.08. The number of nitrogen functional groups attached to an aromatic ring is 1. The molecule has 1 aliphatic rings. The second kappa shape index (κ2) is 5.17. The molecule has 0 amide bonds. The highest BCUT2D eigenvalue weighted by Crippen LogP contribution is 2.31. The molecule has 0 bridgehead atoms. The first-order valence-electron chi connectivity index (χ1n) is 5.64. The maximum absolute atomic E-state index is 12.4. The van der Waals surface area contributed by atoms with E-state index < -0.39 is 10.0 Å². The van der Waals surface area contributed by atoms with Gasteiger partial charge in [0, 0.05) is 19.7 Å². The molecular formula is C10H16N4O3S. The summed E-state index contributed by atoms with van der Waals surface area (Å²) in [6.07, 6.45) is 4.25. The minimum atomic E-state index is -3.55. The van der Waals surface area contributed by atoms with E-state index in [4.69, 9.17) is 10.5 Å². The molecule has 0 aliphatic heterocycles. The number of sulfonamides is 1. The highest BCUT2D eigenvalue weighted by Gasteiger charge is 2.38. The Morgan fingerprint density at radius 1 is 1.44 bits per heavy atom. The van der Waals surface area contributed by atoms with E-state index in [1.165, 1.54) is 16.7 Å². The molecule has 0 unspecified atom stereocenters. The average Bonchev–Trinajstić information content (AvgIpc) is 3.14. The van der Waals surface area contributed by atoms with Gasteiger partial charge in [0.25, 0.3) is 0 Å². The molecule has 0 spiro atoms. The van der Waals surface area contributed by atoms with Gasteiger partial charge in [-0.1, -0.05) is 0 Å². The van der Waals surface area contributed by atoms with Crippen LogP contribution in [0.3, 0.4) is 0 Å². The predicted molar refractivity (Wildman–Crippen MR) is 65.2 cm³/mol. The van der Waals surface area contributed by atoms with Gasteiger partial charge in [-0.2, -0.15) is 4.31 Å². The number of hydrogen-bond acceptors (Lipinski definition) is 6. The van der Waals surface area contributed by atoms with Crippen LogP contribution in [0.2, 0.25) is 0 Å². The van der Waals surface area contributed by atoms with Crippen LogP contribution in [0.15, 0.2) is 17.3 Å². The Labute approximate surface area is 106 Å². The molecule has 1 aliphatic carbocycles. The van der Waals surface area contributed by atoms with E-state index in [1.54, 1.807) is 7.11 Å². The van der Waals surface area contributed by atoms with Gasteiger partial charge in [0.2, 0.25) is 16.0 Å². The van der Waals surface area contributed by atoms with E-state index in [2.05, 4.69) is 9.97 Å². The summed E-state index contributed by atoms with van der Waals surface area (Å²) in [6.45, 7) is 0.708. The molecule has 1 aromatic rings. The summed E-state index contributed by atoms with van der Waals surface area (Å²) in [5.74, 6) is 0.0591. The zero-order valence-electron chi connectivity index (χ0n) is 10.1. The van der Waals surface area contributed by atoms with E-state index in [0.29, 0.717) is 13.2 Å². The molecule has 1 heterocycles. The van der Waals surface area contributed by atoms with Crippen molar-refractivity contribution in [3.63, 3.8) is 0 Å². The fraction of sp³-hybridized carbons (Fsp3) is 0.600. The van der Waals surface area contributed by atoms with Crippen molar-refractivity contribution in [2.24, 2.45) is 0 Å². The first-order chi connectivity index (χ1) is 8.55. The fourth-order valence-electron chi connectivity index (χ4n) is 1.64. The van der Waals surface area contributed by atoms with Crippen LogP contribution in [0.1, 0.15) is 12.8 Å². The summed E-state index contributed by atoms with van der Waals surface area (Å²) in [7, 11) is -2.01. The number of rotatable bonds is 6. The van der Waals surface area contributed by atoms with E-state index in [1.807, 2.05) is 0 Å². The smallest absolute Gasteiger partial charge is 0.246 e. The van der Waals surface area contributed by atoms with Gasteiger partial charge in [0.05, 0.1) is 19.0 Å². The third-order valence-corrected chi connectivity index (χ3v) is 4.63. The number of hydrogen-bond donors (Lipinski definition) is 1. The Bertz CT molecular complexity index is 498. The summed E-state index contributed by atoms with van der Waals surface area (Å²) >= 11 is 0. The second-order valence-corrected chi connectivity index (χ2v) is 6.01. The van der Waals surface area contributed by atoms with Crippen LogP contribution in [0.4, 0.5) is 5.95 Å². The van der Waals surface area contributed by atoms with Gasteiger partial charge in [-0.15, -0.1) is 0 Å². The van der Waals surface area contributed by atoms with Gasteiger partial charge in [0.15, 0.2) is 0 Å². The Balaban J connectivity index is 2.24. The molecule has 2 rings (SSSR count). The number of aromatic nitrogens is 2. The van der Waals surface area contributed by atoms with Crippen molar-refractivity contribution >= 4 is 16.0 Å². The number of ether oxygens (including phenoxy) is 1. The van der Waals surface area contributed by atoms with Crippen molar-refractivity contribution in [2.45, 2.75) is 23.8 Å². The molecule has 0 aromatic carbocycles. The third kappa shape index (κ3) is 2.77. The van der Waals surface area contributed by atoms with Crippen molar-refractivity contribution in [1.29, 1.82) is 0 Å². The molecule has 2 N–H and O–H groups in total. The fourth-order valence-corrected chi connectivity index (χ4v) is 3.20. The van der Waals surface area contributed by atoms with E-state index in [-0.39, 0.29) is 16.9 Å². The Morgan fingerprint density at radius 3 is 2.56 bits per heavy atom. The van der Waals surface area contributed by atoms with Gasteiger partial charge in [-0.05, 0) is 12.8 Å². The van der Waals surface area contributed by atoms with Crippen LogP contribution >= 0.6 is 0 Å². The minimum Gasteiger partial charge on any atom is -0.383 e. The van der Waals surface area contributed by atoms with Gasteiger partial charge in [0.1, 0.15) is 4.90 Å². The minimum absolute atomic E-state index is 0.0591. The highest BCUT2D eigenvalue weighted by atomic mass is 32.2. The molecular weight excluding hydrogens is 256 g/mol. The monoisotopic (exact) mass is 272 g/mol. The van der Waals surface area contributed by atoms with Crippen LogP contribution in [-0.4, -0.2) is 49.0 Å². The number of nitrogens with zero attached hydrogens (tertiary/aromatic N) is 3. The van der Waals surface area contributed by atoms with Crippen molar-refractivity contribution in [3.05, 3.63) is 12.4 Å². The largest absolute Gasteiger partial charge is 0.383 e. The van der Waals surface area contributed by atoms with Crippen LogP contribution < -0.4 is 5.73 Å². The Hall–Kier alpha value is -1.25. The lowest BCUT2D eigenvalue weighted by Crippen LogP contribution is -2.36. The van der Waals surface area contributed by atoms with Gasteiger partial charge < -0.3 is 10.5 Å². The third-order valence-electron chi connectivity index (χ3n) is 2.72. The van der Waals surface area contributed by atoms with Gasteiger partial charge in [-0.25, -0.2) is 18.4 Å². The zero-order chi connectivity index (χ0) is 13.2. The Morgan fingerprint density at radius 2 is 2.06 bits per heavy atom. The second-order valence-electron chi connectivity index (χ2n) is 4.12. The molecule has 8 heteroatoms. The topological polar surface area (TPSA) is 98.4 Å². The van der Waals surface area contributed by atoms with Crippen molar-refractivity contribution in [3.8, 4) is 0 Å². The zero-order valence-corrected chi connectivity index (χ0v) is 10.9. The maximum Gasteiger partial charge on any atom is 0.246 e. The van der Waals surface area contributed by atoms with Crippen molar-refractivity contribution in [2.75, 3.05) is 26.0 Å². The highest BCUT2D eigenvalue weighted by molar-refractivity contribution is 7.89. The summed E-state index contributed by atoms with van der Waals surface area (Å²) in [6, 6.07) is 0.0719. The van der Waals surface area contributed by atoms with E-state index in [0.717, 1.165) is 12.8 Å². The summed E-state index contributed by atoms with van der Waals surface area (Å²) in [4.78, 5) is 7.50. The number of anilines is 1. The average molecular weight is 272 g/mol. The first kappa shape index (κ1) is 13.2. The lowest BCUT2D eigenvalue weighted by Gasteiger charge is -2.21. The molecule has 0 atom stereocenters.